The van der Waals surface area contributed by atoms with Crippen molar-refractivity contribution < 1.29 is 18.6 Å². The van der Waals surface area contributed by atoms with Crippen molar-refractivity contribution >= 4 is 0 Å². The molecular formula is C16H24F2N2O2. The number of halogens is 2. The Morgan fingerprint density at radius 3 is 2.77 bits per heavy atom. The Morgan fingerprint density at radius 1 is 1.36 bits per heavy atom. The normalized spacial score (nSPS) is 18.5. The van der Waals surface area contributed by atoms with Crippen molar-refractivity contribution in [1.82, 2.24) is 10.2 Å². The Morgan fingerprint density at radius 2 is 2.09 bits per heavy atom. The molecule has 2 rings (SSSR count). The van der Waals surface area contributed by atoms with Gasteiger partial charge in [0.15, 0.2) is 0 Å². The number of aliphatic hydroxyl groups excluding tert-OH is 1. The van der Waals surface area contributed by atoms with Crippen LogP contribution in [0.25, 0.3) is 0 Å². The Labute approximate surface area is 130 Å². The van der Waals surface area contributed by atoms with Gasteiger partial charge in [0.05, 0.1) is 12.7 Å². The minimum absolute atomic E-state index is 0.290. The third-order valence-electron chi connectivity index (χ3n) is 4.00. The first kappa shape index (κ1) is 17.3. The molecular weight excluding hydrogens is 290 g/mol. The number of benzene rings is 1. The molecule has 1 heterocycles. The molecule has 6 heteroatoms. The van der Waals surface area contributed by atoms with Gasteiger partial charge in [-0.25, -0.2) is 8.78 Å². The molecule has 1 aromatic carbocycles. The quantitative estimate of drug-likeness (QED) is 0.801. The van der Waals surface area contributed by atoms with E-state index in [2.05, 4.69) is 10.2 Å². The summed E-state index contributed by atoms with van der Waals surface area (Å²) in [5, 5.41) is 13.0. The number of hydrogen-bond acceptors (Lipinski definition) is 4. The first-order valence-corrected chi connectivity index (χ1v) is 7.65. The summed E-state index contributed by atoms with van der Waals surface area (Å²) in [6.07, 6.45) is 1.39. The molecule has 1 aliphatic heterocycles. The molecule has 1 aromatic rings. The molecule has 0 spiro atoms. The summed E-state index contributed by atoms with van der Waals surface area (Å²) in [6.45, 7) is 3.05. The fraction of sp³-hybridized carbons (Fsp3) is 0.625. The summed E-state index contributed by atoms with van der Waals surface area (Å²) >= 11 is 0. The Hall–Kier alpha value is -1.08. The Bertz CT molecular complexity index is 465. The van der Waals surface area contributed by atoms with E-state index < -0.39 is 11.9 Å². The summed E-state index contributed by atoms with van der Waals surface area (Å²) in [6, 6.07) is 3.81. The van der Waals surface area contributed by atoms with E-state index in [0.29, 0.717) is 31.3 Å². The second-order valence-corrected chi connectivity index (χ2v) is 5.80. The second-order valence-electron chi connectivity index (χ2n) is 5.80. The average Bonchev–Trinajstić information content (AvgIpc) is 2.50. The minimum atomic E-state index is -0.462. The molecule has 4 nitrogen and oxygen atoms in total. The molecule has 0 aromatic heterocycles. The zero-order valence-corrected chi connectivity index (χ0v) is 12.9. The lowest BCUT2D eigenvalue weighted by molar-refractivity contribution is 0.0310. The molecule has 0 amide bonds. The van der Waals surface area contributed by atoms with Gasteiger partial charge in [-0.15, -0.1) is 0 Å². The summed E-state index contributed by atoms with van der Waals surface area (Å²) in [7, 11) is 1.57. The van der Waals surface area contributed by atoms with Crippen molar-refractivity contribution in [2.45, 2.75) is 31.5 Å². The lowest BCUT2D eigenvalue weighted by atomic mass is 10.0. The lowest BCUT2D eigenvalue weighted by Gasteiger charge is -2.33. The smallest absolute Gasteiger partial charge is 0.127 e. The molecule has 1 aliphatic rings. The highest BCUT2D eigenvalue weighted by Gasteiger charge is 2.20. The van der Waals surface area contributed by atoms with Crippen LogP contribution in [0.15, 0.2) is 18.2 Å². The number of hydrogen-bond donors (Lipinski definition) is 2. The summed E-state index contributed by atoms with van der Waals surface area (Å²) in [5.74, 6) is -0.797. The average molecular weight is 314 g/mol. The fourth-order valence-corrected chi connectivity index (χ4v) is 2.80. The number of piperidine rings is 1. The van der Waals surface area contributed by atoms with Crippen LogP contribution < -0.4 is 5.32 Å². The van der Waals surface area contributed by atoms with Crippen LogP contribution in [0.5, 0.6) is 0 Å². The highest BCUT2D eigenvalue weighted by Crippen LogP contribution is 2.14. The number of likely N-dealkylation sites (tertiary alicyclic amines) is 1. The van der Waals surface area contributed by atoms with Gasteiger partial charge in [-0.05, 0) is 44.1 Å². The fourth-order valence-electron chi connectivity index (χ4n) is 2.80. The minimum Gasteiger partial charge on any atom is -0.389 e. The van der Waals surface area contributed by atoms with Gasteiger partial charge in [-0.1, -0.05) is 0 Å². The van der Waals surface area contributed by atoms with Crippen LogP contribution in [-0.2, 0) is 11.3 Å². The van der Waals surface area contributed by atoms with Gasteiger partial charge < -0.3 is 20.1 Å². The largest absolute Gasteiger partial charge is 0.389 e. The van der Waals surface area contributed by atoms with Crippen LogP contribution in [0.4, 0.5) is 8.78 Å². The molecule has 0 aliphatic carbocycles. The van der Waals surface area contributed by atoms with Crippen LogP contribution in [0.2, 0.25) is 0 Å². The van der Waals surface area contributed by atoms with E-state index in [-0.39, 0.29) is 5.82 Å². The maximum atomic E-state index is 13.5. The second kappa shape index (κ2) is 8.53. The van der Waals surface area contributed by atoms with Gasteiger partial charge >= 0.3 is 0 Å². The third kappa shape index (κ3) is 5.28. The third-order valence-corrected chi connectivity index (χ3v) is 4.00. The van der Waals surface area contributed by atoms with Crippen LogP contribution in [0, 0.1) is 11.6 Å². The zero-order valence-electron chi connectivity index (χ0n) is 12.9. The first-order valence-electron chi connectivity index (χ1n) is 7.65. The van der Waals surface area contributed by atoms with Crippen LogP contribution in [0.3, 0.4) is 0 Å². The molecule has 0 radical (unpaired) electrons. The topological polar surface area (TPSA) is 44.7 Å². The predicted octanol–water partition coefficient (Wildman–Crippen LogP) is 1.53. The lowest BCUT2D eigenvalue weighted by Crippen LogP contribution is -2.45. The van der Waals surface area contributed by atoms with Crippen LogP contribution in [0.1, 0.15) is 18.4 Å². The maximum Gasteiger partial charge on any atom is 0.127 e. The predicted molar refractivity (Wildman–Crippen MR) is 80.5 cm³/mol. The summed E-state index contributed by atoms with van der Waals surface area (Å²) in [4.78, 5) is 2.20. The standard InChI is InChI=1S/C16H24F2N2O2/c1-22-11-15(21)10-20-6-4-14(5-7-20)19-9-12-8-13(17)2-3-16(12)18/h2-3,8,14-15,19,21H,4-7,9-11H2,1H3. The van der Waals surface area contributed by atoms with Gasteiger partial charge in [-0.3, -0.25) is 0 Å². The first-order chi connectivity index (χ1) is 10.6. The van der Waals surface area contributed by atoms with Gasteiger partial charge in [0.2, 0.25) is 0 Å². The molecule has 1 saturated heterocycles. The zero-order chi connectivity index (χ0) is 15.9. The molecule has 1 atom stereocenters. The van der Waals surface area contributed by atoms with E-state index in [1.54, 1.807) is 7.11 Å². The van der Waals surface area contributed by atoms with Crippen molar-refractivity contribution in [3.8, 4) is 0 Å². The molecule has 22 heavy (non-hydrogen) atoms. The van der Waals surface area contributed by atoms with E-state index in [1.807, 2.05) is 0 Å². The Kier molecular flexibility index (Phi) is 6.70. The number of nitrogens with one attached hydrogen (secondary N) is 1. The van der Waals surface area contributed by atoms with Crippen LogP contribution in [-0.4, -0.2) is 55.5 Å². The number of β-amino-alcohol motifs (C(OH)–C–C–N with tert-alkyl or cyclic N) is 1. The number of nitrogens with zero attached hydrogens (tertiary/aromatic N) is 1. The summed E-state index contributed by atoms with van der Waals surface area (Å²) < 4.78 is 31.6. The van der Waals surface area contributed by atoms with Gasteiger partial charge in [0.25, 0.3) is 0 Å². The molecule has 1 unspecified atom stereocenters. The van der Waals surface area contributed by atoms with Gasteiger partial charge in [0, 0.05) is 31.8 Å². The highest BCUT2D eigenvalue weighted by molar-refractivity contribution is 5.18. The number of aliphatic hydroxyl groups is 1. The van der Waals surface area contributed by atoms with Gasteiger partial charge in [0.1, 0.15) is 11.6 Å². The van der Waals surface area contributed by atoms with E-state index in [4.69, 9.17) is 4.74 Å². The molecule has 2 N–H and O–H groups in total. The number of methoxy groups -OCH3 is 1. The van der Waals surface area contributed by atoms with Gasteiger partial charge in [-0.2, -0.15) is 0 Å². The van der Waals surface area contributed by atoms with E-state index in [9.17, 15) is 13.9 Å². The highest BCUT2D eigenvalue weighted by atomic mass is 19.1. The maximum absolute atomic E-state index is 13.5. The molecule has 0 saturated carbocycles. The van der Waals surface area contributed by atoms with Crippen molar-refractivity contribution in [3.63, 3.8) is 0 Å². The number of rotatable bonds is 7. The van der Waals surface area contributed by atoms with Crippen molar-refractivity contribution in [2.24, 2.45) is 0 Å². The van der Waals surface area contributed by atoms with Crippen molar-refractivity contribution in [2.75, 3.05) is 33.4 Å². The van der Waals surface area contributed by atoms with Crippen molar-refractivity contribution in [3.05, 3.63) is 35.4 Å². The Balaban J connectivity index is 1.72. The number of ether oxygens (including phenoxy) is 1. The molecule has 0 bridgehead atoms. The van der Waals surface area contributed by atoms with E-state index in [0.717, 1.165) is 38.1 Å². The monoisotopic (exact) mass is 314 g/mol. The van der Waals surface area contributed by atoms with E-state index in [1.165, 1.54) is 6.07 Å². The summed E-state index contributed by atoms with van der Waals surface area (Å²) in [5.41, 5.74) is 0.359. The van der Waals surface area contributed by atoms with E-state index >= 15 is 0 Å². The van der Waals surface area contributed by atoms with Crippen molar-refractivity contribution in [1.29, 1.82) is 0 Å². The SMILES string of the molecule is COCC(O)CN1CCC(NCc2cc(F)ccc2F)CC1. The molecule has 124 valence electrons. The molecule has 1 fully saturated rings. The van der Waals surface area contributed by atoms with Crippen LogP contribution >= 0.6 is 0 Å².